The standard InChI is InChI=1S/C27H35N5/c1-8-19(4)11-12-21(10-3)24-25(32-16-14-20(9-2)17-23(32)31-24)22-13-15-28-26(30-22)29-18-27(5,6)7/h10-17H,3,8-9,18H2,1-2,4-7H3,(H,28,29,30)/b19-11-,21-12+. The first kappa shape index (κ1) is 23.5. The Kier molecular flexibility index (Phi) is 7.29. The molecule has 0 aromatic carbocycles. The van der Waals surface area contributed by atoms with E-state index >= 15 is 0 Å². The zero-order valence-corrected chi connectivity index (χ0v) is 20.2. The average molecular weight is 430 g/mol. The molecule has 1 N–H and O–H groups in total. The minimum atomic E-state index is 0.132. The van der Waals surface area contributed by atoms with Crippen molar-refractivity contribution < 1.29 is 0 Å². The van der Waals surface area contributed by atoms with Crippen molar-refractivity contribution in [1.82, 2.24) is 19.4 Å². The van der Waals surface area contributed by atoms with Gasteiger partial charge in [-0.3, -0.25) is 4.40 Å². The number of hydrogen-bond acceptors (Lipinski definition) is 4. The molecular formula is C27H35N5. The van der Waals surface area contributed by atoms with Gasteiger partial charge in [0.05, 0.1) is 17.1 Å². The maximum Gasteiger partial charge on any atom is 0.223 e. The van der Waals surface area contributed by atoms with Gasteiger partial charge in [0.1, 0.15) is 5.65 Å². The molecule has 3 rings (SSSR count). The minimum Gasteiger partial charge on any atom is -0.354 e. The summed E-state index contributed by atoms with van der Waals surface area (Å²) in [6.07, 6.45) is 12.0. The molecule has 3 aromatic heterocycles. The van der Waals surface area contributed by atoms with Crippen molar-refractivity contribution in [2.24, 2.45) is 5.41 Å². The molecule has 0 atom stereocenters. The molecule has 32 heavy (non-hydrogen) atoms. The van der Waals surface area contributed by atoms with Crippen LogP contribution in [-0.2, 0) is 6.42 Å². The van der Waals surface area contributed by atoms with Crippen LogP contribution in [0.4, 0.5) is 5.95 Å². The fourth-order valence-electron chi connectivity index (χ4n) is 3.27. The Hall–Kier alpha value is -3.21. The van der Waals surface area contributed by atoms with E-state index in [0.29, 0.717) is 5.95 Å². The number of fused-ring (bicyclic) bond motifs is 1. The van der Waals surface area contributed by atoms with E-state index in [-0.39, 0.29) is 5.41 Å². The first-order valence-electron chi connectivity index (χ1n) is 11.3. The van der Waals surface area contributed by atoms with Gasteiger partial charge in [0.15, 0.2) is 0 Å². The Labute approximate surface area is 192 Å². The third-order valence-electron chi connectivity index (χ3n) is 5.37. The summed E-state index contributed by atoms with van der Waals surface area (Å²) in [5, 5.41) is 3.37. The number of imidazole rings is 1. The van der Waals surface area contributed by atoms with Gasteiger partial charge in [0.2, 0.25) is 5.95 Å². The van der Waals surface area contributed by atoms with E-state index in [1.54, 1.807) is 6.20 Å². The van der Waals surface area contributed by atoms with Crippen LogP contribution in [0, 0.1) is 5.41 Å². The van der Waals surface area contributed by atoms with E-state index < -0.39 is 0 Å². The maximum atomic E-state index is 5.00. The number of anilines is 1. The van der Waals surface area contributed by atoms with Crippen LogP contribution < -0.4 is 5.32 Å². The molecule has 0 amide bonds. The molecule has 0 spiro atoms. The summed E-state index contributed by atoms with van der Waals surface area (Å²) >= 11 is 0. The molecular weight excluding hydrogens is 394 g/mol. The van der Waals surface area contributed by atoms with Crippen LogP contribution in [0.5, 0.6) is 0 Å². The Balaban J connectivity index is 2.18. The van der Waals surface area contributed by atoms with Gasteiger partial charge in [-0.2, -0.15) is 0 Å². The summed E-state index contributed by atoms with van der Waals surface area (Å²) in [5.74, 6) is 0.620. The van der Waals surface area contributed by atoms with Gasteiger partial charge in [-0.05, 0) is 48.9 Å². The van der Waals surface area contributed by atoms with Crippen molar-refractivity contribution in [1.29, 1.82) is 0 Å². The molecule has 3 aromatic rings. The van der Waals surface area contributed by atoms with Gasteiger partial charge in [-0.15, -0.1) is 0 Å². The molecule has 0 radical (unpaired) electrons. The molecule has 168 valence electrons. The third-order valence-corrected chi connectivity index (χ3v) is 5.37. The lowest BCUT2D eigenvalue weighted by atomic mass is 9.97. The molecule has 0 unspecified atom stereocenters. The van der Waals surface area contributed by atoms with Crippen LogP contribution in [0.15, 0.2) is 61.0 Å². The molecule has 0 saturated carbocycles. The molecule has 0 fully saturated rings. The van der Waals surface area contributed by atoms with Crippen molar-refractivity contribution in [2.45, 2.75) is 54.4 Å². The van der Waals surface area contributed by atoms with Crippen LogP contribution in [0.1, 0.15) is 59.2 Å². The molecule has 5 heteroatoms. The Morgan fingerprint density at radius 1 is 1.16 bits per heavy atom. The summed E-state index contributed by atoms with van der Waals surface area (Å²) in [7, 11) is 0. The highest BCUT2D eigenvalue weighted by molar-refractivity contribution is 5.84. The lowest BCUT2D eigenvalue weighted by Crippen LogP contribution is -2.20. The van der Waals surface area contributed by atoms with Crippen molar-refractivity contribution in [2.75, 3.05) is 11.9 Å². The molecule has 3 heterocycles. The van der Waals surface area contributed by atoms with Gasteiger partial charge in [0.25, 0.3) is 0 Å². The fourth-order valence-corrected chi connectivity index (χ4v) is 3.27. The summed E-state index contributed by atoms with van der Waals surface area (Å²) in [5.41, 5.74) is 7.20. The number of rotatable bonds is 8. The van der Waals surface area contributed by atoms with Gasteiger partial charge in [0, 0.05) is 24.5 Å². The quantitative estimate of drug-likeness (QED) is 0.403. The van der Waals surface area contributed by atoms with Crippen LogP contribution in [0.3, 0.4) is 0 Å². The highest BCUT2D eigenvalue weighted by Crippen LogP contribution is 2.30. The van der Waals surface area contributed by atoms with Crippen LogP contribution in [0.25, 0.3) is 22.6 Å². The van der Waals surface area contributed by atoms with Crippen LogP contribution >= 0.6 is 0 Å². The first-order chi connectivity index (χ1) is 15.3. The second-order valence-corrected chi connectivity index (χ2v) is 9.30. The number of nitrogens with one attached hydrogen (secondary N) is 1. The van der Waals surface area contributed by atoms with Gasteiger partial charge < -0.3 is 5.32 Å². The number of allylic oxidation sites excluding steroid dienone is 5. The Morgan fingerprint density at radius 3 is 2.59 bits per heavy atom. The molecule has 0 aliphatic carbocycles. The summed E-state index contributed by atoms with van der Waals surface area (Å²) in [6.45, 7) is 17.8. The number of aromatic nitrogens is 4. The zero-order valence-electron chi connectivity index (χ0n) is 20.2. The van der Waals surface area contributed by atoms with Gasteiger partial charge in [-0.1, -0.05) is 65.0 Å². The molecule has 0 aliphatic rings. The van der Waals surface area contributed by atoms with Gasteiger partial charge >= 0.3 is 0 Å². The van der Waals surface area contributed by atoms with E-state index in [0.717, 1.165) is 47.7 Å². The van der Waals surface area contributed by atoms with E-state index in [2.05, 4.69) is 93.3 Å². The predicted molar refractivity (Wildman–Crippen MR) is 136 cm³/mol. The second kappa shape index (κ2) is 9.94. The number of aryl methyl sites for hydroxylation is 1. The van der Waals surface area contributed by atoms with E-state index in [4.69, 9.17) is 9.97 Å². The predicted octanol–water partition coefficient (Wildman–Crippen LogP) is 6.74. The van der Waals surface area contributed by atoms with Crippen molar-refractivity contribution in [3.63, 3.8) is 0 Å². The lowest BCUT2D eigenvalue weighted by molar-refractivity contribution is 0.442. The zero-order chi connectivity index (χ0) is 23.3. The monoisotopic (exact) mass is 429 g/mol. The smallest absolute Gasteiger partial charge is 0.223 e. The molecule has 0 saturated heterocycles. The topological polar surface area (TPSA) is 55.1 Å². The highest BCUT2D eigenvalue weighted by atomic mass is 15.1. The number of hydrogen-bond donors (Lipinski definition) is 1. The van der Waals surface area contributed by atoms with E-state index in [1.165, 1.54) is 11.1 Å². The van der Waals surface area contributed by atoms with E-state index in [9.17, 15) is 0 Å². The van der Waals surface area contributed by atoms with Gasteiger partial charge in [-0.25, -0.2) is 15.0 Å². The number of pyridine rings is 1. The molecule has 0 aliphatic heterocycles. The first-order valence-corrected chi connectivity index (χ1v) is 11.3. The SMILES string of the molecule is C=C/C(=C\C=C(\C)CC)c1nc2cc(CC)ccn2c1-c1ccnc(NCC(C)(C)C)n1. The second-order valence-electron chi connectivity index (χ2n) is 9.30. The van der Waals surface area contributed by atoms with Crippen molar-refractivity contribution in [3.05, 3.63) is 72.2 Å². The normalized spacial score (nSPS) is 12.9. The number of nitrogens with zero attached hydrogens (tertiary/aromatic N) is 4. The van der Waals surface area contributed by atoms with E-state index in [1.807, 2.05) is 12.1 Å². The highest BCUT2D eigenvalue weighted by Gasteiger charge is 2.19. The third kappa shape index (κ3) is 5.52. The summed E-state index contributed by atoms with van der Waals surface area (Å²) in [4.78, 5) is 14.3. The molecule has 0 bridgehead atoms. The maximum absolute atomic E-state index is 5.00. The Morgan fingerprint density at radius 2 is 1.94 bits per heavy atom. The average Bonchev–Trinajstić information content (AvgIpc) is 3.16. The summed E-state index contributed by atoms with van der Waals surface area (Å²) in [6, 6.07) is 6.22. The summed E-state index contributed by atoms with van der Waals surface area (Å²) < 4.78 is 2.11. The van der Waals surface area contributed by atoms with Crippen LogP contribution in [-0.4, -0.2) is 25.9 Å². The minimum absolute atomic E-state index is 0.132. The lowest BCUT2D eigenvalue weighted by Gasteiger charge is -2.18. The Bertz CT molecular complexity index is 1160. The largest absolute Gasteiger partial charge is 0.354 e. The van der Waals surface area contributed by atoms with Crippen molar-refractivity contribution in [3.8, 4) is 11.4 Å². The van der Waals surface area contributed by atoms with Crippen LogP contribution in [0.2, 0.25) is 0 Å². The molecule has 5 nitrogen and oxygen atoms in total. The van der Waals surface area contributed by atoms with Crippen molar-refractivity contribution >= 4 is 17.2 Å². The fraction of sp³-hybridized carbons (Fsp3) is 0.370.